The SMILES string of the molecule is CCS(=O)(=O)N1CCc2cc(C(=O)COC(=O)c3ccccc3)ccc21. The summed E-state index contributed by atoms with van der Waals surface area (Å²) in [7, 11) is -3.32. The van der Waals surface area contributed by atoms with Gasteiger partial charge >= 0.3 is 5.97 Å². The second-order valence-electron chi connectivity index (χ2n) is 5.93. The lowest BCUT2D eigenvalue weighted by atomic mass is 10.1. The molecule has 0 amide bonds. The van der Waals surface area contributed by atoms with Gasteiger partial charge in [-0.05, 0) is 49.2 Å². The van der Waals surface area contributed by atoms with E-state index in [1.807, 2.05) is 0 Å². The van der Waals surface area contributed by atoms with Crippen LogP contribution in [0.5, 0.6) is 0 Å². The van der Waals surface area contributed by atoms with Crippen molar-refractivity contribution in [2.24, 2.45) is 0 Å². The van der Waals surface area contributed by atoms with Crippen LogP contribution in [0.1, 0.15) is 33.2 Å². The summed E-state index contributed by atoms with van der Waals surface area (Å²) in [6, 6.07) is 13.3. The topological polar surface area (TPSA) is 80.8 Å². The lowest BCUT2D eigenvalue weighted by Crippen LogP contribution is -2.30. The van der Waals surface area contributed by atoms with E-state index >= 15 is 0 Å². The molecule has 0 N–H and O–H groups in total. The van der Waals surface area contributed by atoms with Crippen molar-refractivity contribution in [3.05, 3.63) is 65.2 Å². The summed E-state index contributed by atoms with van der Waals surface area (Å²) in [5, 5.41) is 0. The van der Waals surface area contributed by atoms with Crippen LogP contribution < -0.4 is 4.31 Å². The van der Waals surface area contributed by atoms with E-state index in [1.54, 1.807) is 55.5 Å². The Bertz CT molecular complexity index is 938. The van der Waals surface area contributed by atoms with Crippen LogP contribution >= 0.6 is 0 Å². The molecule has 0 saturated heterocycles. The van der Waals surface area contributed by atoms with E-state index in [1.165, 1.54) is 4.31 Å². The maximum Gasteiger partial charge on any atom is 0.338 e. The van der Waals surface area contributed by atoms with Crippen LogP contribution in [-0.4, -0.2) is 39.1 Å². The van der Waals surface area contributed by atoms with Crippen LogP contribution in [-0.2, 0) is 21.2 Å². The zero-order valence-corrected chi connectivity index (χ0v) is 15.2. The van der Waals surface area contributed by atoms with Gasteiger partial charge in [-0.3, -0.25) is 9.10 Å². The third kappa shape index (κ3) is 3.62. The number of carbonyl (C=O) groups excluding carboxylic acids is 2. The van der Waals surface area contributed by atoms with E-state index < -0.39 is 16.0 Å². The highest BCUT2D eigenvalue weighted by Gasteiger charge is 2.28. The number of Topliss-reactive ketones (excluding diaryl/α,β-unsaturated/α-hetero) is 1. The Balaban J connectivity index is 1.69. The lowest BCUT2D eigenvalue weighted by Gasteiger charge is -2.18. The second-order valence-corrected chi connectivity index (χ2v) is 8.11. The molecule has 1 heterocycles. The predicted octanol–water partition coefficient (Wildman–Crippen LogP) is 2.44. The highest BCUT2D eigenvalue weighted by Crippen LogP contribution is 2.31. The Labute approximate surface area is 152 Å². The van der Waals surface area contributed by atoms with Crippen LogP contribution in [0.4, 0.5) is 5.69 Å². The average Bonchev–Trinajstić information content (AvgIpc) is 3.10. The van der Waals surface area contributed by atoms with Crippen molar-refractivity contribution >= 4 is 27.5 Å². The molecular formula is C19H19NO5S. The zero-order valence-electron chi connectivity index (χ0n) is 14.3. The standard InChI is InChI=1S/C19H19NO5S/c1-2-26(23,24)20-11-10-15-12-16(8-9-17(15)20)18(21)13-25-19(22)14-6-4-3-5-7-14/h3-9,12H,2,10-11,13H2,1H3. The number of fused-ring (bicyclic) bond motifs is 1. The summed E-state index contributed by atoms with van der Waals surface area (Å²) < 4.78 is 30.6. The average molecular weight is 373 g/mol. The molecule has 26 heavy (non-hydrogen) atoms. The number of ketones is 1. The lowest BCUT2D eigenvalue weighted by molar-refractivity contribution is 0.0475. The van der Waals surface area contributed by atoms with Crippen molar-refractivity contribution in [2.45, 2.75) is 13.3 Å². The summed E-state index contributed by atoms with van der Waals surface area (Å²) in [4.78, 5) is 24.2. The summed E-state index contributed by atoms with van der Waals surface area (Å²) in [6.07, 6.45) is 0.555. The molecule has 0 aromatic heterocycles. The summed E-state index contributed by atoms with van der Waals surface area (Å²) in [6.45, 7) is 1.63. The first-order valence-electron chi connectivity index (χ1n) is 8.31. The first kappa shape index (κ1) is 18.1. The summed E-state index contributed by atoms with van der Waals surface area (Å²) >= 11 is 0. The normalized spacial score (nSPS) is 13.3. The fourth-order valence-electron chi connectivity index (χ4n) is 2.86. The molecule has 0 unspecified atom stereocenters. The minimum atomic E-state index is -3.32. The zero-order chi connectivity index (χ0) is 18.7. The Hall–Kier alpha value is -2.67. The number of hydrogen-bond acceptors (Lipinski definition) is 5. The van der Waals surface area contributed by atoms with Gasteiger partial charge in [0.2, 0.25) is 10.0 Å². The van der Waals surface area contributed by atoms with Crippen molar-refractivity contribution in [1.29, 1.82) is 0 Å². The van der Waals surface area contributed by atoms with Crippen LogP contribution in [0.3, 0.4) is 0 Å². The number of esters is 1. The molecule has 0 aliphatic carbocycles. The largest absolute Gasteiger partial charge is 0.454 e. The van der Waals surface area contributed by atoms with Crippen LogP contribution in [0.2, 0.25) is 0 Å². The number of hydrogen-bond donors (Lipinski definition) is 0. The fraction of sp³-hybridized carbons (Fsp3) is 0.263. The van der Waals surface area contributed by atoms with Gasteiger partial charge in [0.15, 0.2) is 12.4 Å². The van der Waals surface area contributed by atoms with Crippen molar-refractivity contribution in [1.82, 2.24) is 0 Å². The quantitative estimate of drug-likeness (QED) is 0.574. The van der Waals surface area contributed by atoms with E-state index in [4.69, 9.17) is 4.74 Å². The minimum absolute atomic E-state index is 0.0303. The van der Waals surface area contributed by atoms with Gasteiger partial charge in [0.1, 0.15) is 0 Å². The molecule has 0 saturated carbocycles. The van der Waals surface area contributed by atoms with Crippen LogP contribution in [0.25, 0.3) is 0 Å². The van der Waals surface area contributed by atoms with Gasteiger partial charge in [-0.15, -0.1) is 0 Å². The first-order chi connectivity index (χ1) is 12.4. The maximum absolute atomic E-state index is 12.3. The van der Waals surface area contributed by atoms with E-state index in [0.29, 0.717) is 29.8 Å². The van der Waals surface area contributed by atoms with Crippen molar-refractivity contribution in [3.63, 3.8) is 0 Å². The van der Waals surface area contributed by atoms with Gasteiger partial charge in [-0.2, -0.15) is 0 Å². The van der Waals surface area contributed by atoms with Gasteiger partial charge in [-0.1, -0.05) is 18.2 Å². The number of benzene rings is 2. The number of sulfonamides is 1. The number of nitrogens with zero attached hydrogens (tertiary/aromatic N) is 1. The third-order valence-corrected chi connectivity index (χ3v) is 6.08. The molecule has 2 aromatic carbocycles. The molecule has 0 bridgehead atoms. The highest BCUT2D eigenvalue weighted by atomic mass is 32.2. The number of carbonyl (C=O) groups is 2. The van der Waals surface area contributed by atoms with Gasteiger partial charge in [0, 0.05) is 12.1 Å². The second kappa shape index (κ2) is 7.29. The van der Waals surface area contributed by atoms with E-state index in [2.05, 4.69) is 0 Å². The Morgan fingerprint density at radius 3 is 2.50 bits per heavy atom. The first-order valence-corrected chi connectivity index (χ1v) is 9.92. The molecular weight excluding hydrogens is 354 g/mol. The molecule has 136 valence electrons. The Morgan fingerprint density at radius 1 is 1.08 bits per heavy atom. The summed E-state index contributed by atoms with van der Waals surface area (Å²) in [5.41, 5.74) is 2.21. The van der Waals surface area contributed by atoms with E-state index in [9.17, 15) is 18.0 Å². The molecule has 1 aliphatic rings. The Kier molecular flexibility index (Phi) is 5.08. The van der Waals surface area contributed by atoms with Crippen LogP contribution in [0.15, 0.2) is 48.5 Å². The molecule has 1 aliphatic heterocycles. The Morgan fingerprint density at radius 2 is 1.81 bits per heavy atom. The van der Waals surface area contributed by atoms with Crippen LogP contribution in [0, 0.1) is 0 Å². The molecule has 0 atom stereocenters. The molecule has 6 nitrogen and oxygen atoms in total. The van der Waals surface area contributed by atoms with Gasteiger partial charge in [-0.25, -0.2) is 13.2 Å². The number of rotatable bonds is 6. The minimum Gasteiger partial charge on any atom is -0.454 e. The van der Waals surface area contributed by atoms with Gasteiger partial charge in [0.05, 0.1) is 17.0 Å². The highest BCUT2D eigenvalue weighted by molar-refractivity contribution is 7.92. The van der Waals surface area contributed by atoms with E-state index in [0.717, 1.165) is 5.56 Å². The van der Waals surface area contributed by atoms with Gasteiger partial charge in [0.25, 0.3) is 0 Å². The number of ether oxygens (including phenoxy) is 1. The maximum atomic E-state index is 12.3. The van der Waals surface area contributed by atoms with Crippen molar-refractivity contribution in [3.8, 4) is 0 Å². The number of anilines is 1. The fourth-order valence-corrected chi connectivity index (χ4v) is 4.02. The molecule has 0 radical (unpaired) electrons. The molecule has 3 rings (SSSR count). The van der Waals surface area contributed by atoms with E-state index in [-0.39, 0.29) is 18.1 Å². The van der Waals surface area contributed by atoms with Gasteiger partial charge < -0.3 is 4.74 Å². The molecule has 0 fully saturated rings. The molecule has 2 aromatic rings. The molecule has 0 spiro atoms. The monoisotopic (exact) mass is 373 g/mol. The predicted molar refractivity (Wildman–Crippen MR) is 98.0 cm³/mol. The van der Waals surface area contributed by atoms with Crippen molar-refractivity contribution in [2.75, 3.05) is 23.2 Å². The smallest absolute Gasteiger partial charge is 0.338 e. The summed E-state index contributed by atoms with van der Waals surface area (Å²) in [5.74, 6) is -0.850. The molecule has 7 heteroatoms. The third-order valence-electron chi connectivity index (χ3n) is 4.30. The van der Waals surface area contributed by atoms with Crippen molar-refractivity contribution < 1.29 is 22.7 Å².